The highest BCUT2D eigenvalue weighted by Crippen LogP contribution is 2.45. The number of hydrogen-bond donors (Lipinski definition) is 0. The number of piperidine rings is 1. The number of hydrogen-bond acceptors (Lipinski definition) is 3. The molecule has 0 spiro atoms. The summed E-state index contributed by atoms with van der Waals surface area (Å²) < 4.78 is 18.0. The van der Waals surface area contributed by atoms with Gasteiger partial charge in [-0.3, -0.25) is 13.9 Å². The zero-order valence-corrected chi connectivity index (χ0v) is 19.0. The first-order valence-electron chi connectivity index (χ1n) is 11.5. The minimum Gasteiger partial charge on any atom is -0.325 e. The molecule has 1 aromatic carbocycles. The van der Waals surface area contributed by atoms with Crippen LogP contribution in [0.15, 0.2) is 42.6 Å². The summed E-state index contributed by atoms with van der Waals surface area (Å²) in [6, 6.07) is 10.9. The Labute approximate surface area is 191 Å². The average Bonchev–Trinajstić information content (AvgIpc) is 3.27. The van der Waals surface area contributed by atoms with E-state index in [4.69, 9.17) is 5.10 Å². The van der Waals surface area contributed by atoms with Crippen molar-refractivity contribution in [3.8, 4) is 11.3 Å². The van der Waals surface area contributed by atoms with E-state index in [0.717, 1.165) is 65.1 Å². The molecule has 168 valence electrons. The van der Waals surface area contributed by atoms with Crippen LogP contribution in [-0.4, -0.2) is 36.0 Å². The van der Waals surface area contributed by atoms with Crippen molar-refractivity contribution in [2.24, 2.45) is 7.05 Å². The van der Waals surface area contributed by atoms with Gasteiger partial charge in [0.15, 0.2) is 0 Å². The monoisotopic (exact) mass is 443 g/mol. The molecule has 6 rings (SSSR count). The van der Waals surface area contributed by atoms with Crippen molar-refractivity contribution in [2.75, 3.05) is 0 Å². The van der Waals surface area contributed by atoms with E-state index in [-0.39, 0.29) is 23.8 Å². The first kappa shape index (κ1) is 20.1. The van der Waals surface area contributed by atoms with Gasteiger partial charge in [0, 0.05) is 30.4 Å². The standard InChI is InChI=1S/C26H26FN5O/c1-15-11-17(13-18(27)12-15)25-20-14-19-7-6-8-21(23(20)29-30(25)3)32(19)26(33)24-16(2)28-22-9-4-5-10-31(22)24/h4-5,9-13,19,21H,6-8,14H2,1-3H3/t19-,21+/m1/s1. The molecule has 6 nitrogen and oxygen atoms in total. The van der Waals surface area contributed by atoms with E-state index in [2.05, 4.69) is 4.98 Å². The van der Waals surface area contributed by atoms with Crippen molar-refractivity contribution < 1.29 is 9.18 Å². The highest BCUT2D eigenvalue weighted by Gasteiger charge is 2.44. The van der Waals surface area contributed by atoms with Crippen LogP contribution in [0.4, 0.5) is 4.39 Å². The Kier molecular flexibility index (Phi) is 4.44. The van der Waals surface area contributed by atoms with E-state index in [1.807, 2.05) is 65.3 Å². The maximum Gasteiger partial charge on any atom is 0.273 e. The summed E-state index contributed by atoms with van der Waals surface area (Å²) >= 11 is 0. The van der Waals surface area contributed by atoms with Gasteiger partial charge in [-0.2, -0.15) is 5.10 Å². The predicted octanol–water partition coefficient (Wildman–Crippen LogP) is 4.78. The normalized spacial score (nSPS) is 19.7. The Balaban J connectivity index is 1.47. The number of nitrogens with zero attached hydrogens (tertiary/aromatic N) is 5. The molecule has 1 fully saturated rings. The van der Waals surface area contributed by atoms with E-state index >= 15 is 0 Å². The second-order valence-electron chi connectivity index (χ2n) is 9.34. The summed E-state index contributed by atoms with van der Waals surface area (Å²) in [5.74, 6) is -0.226. The number of pyridine rings is 1. The fraction of sp³-hybridized carbons (Fsp3) is 0.346. The molecule has 0 unspecified atom stereocenters. The molecule has 0 aliphatic carbocycles. The van der Waals surface area contributed by atoms with Gasteiger partial charge in [0.1, 0.15) is 17.2 Å². The van der Waals surface area contributed by atoms with Crippen molar-refractivity contribution in [1.29, 1.82) is 0 Å². The highest BCUT2D eigenvalue weighted by molar-refractivity contribution is 5.95. The lowest BCUT2D eigenvalue weighted by Crippen LogP contribution is -2.50. The van der Waals surface area contributed by atoms with Crippen LogP contribution in [0.3, 0.4) is 0 Å². The number of carbonyl (C=O) groups is 1. The number of imidazole rings is 1. The lowest BCUT2D eigenvalue weighted by Gasteiger charge is -2.45. The lowest BCUT2D eigenvalue weighted by molar-refractivity contribution is 0.0384. The van der Waals surface area contributed by atoms with Crippen LogP contribution in [0.1, 0.15) is 58.3 Å². The third-order valence-electron chi connectivity index (χ3n) is 7.13. The number of benzene rings is 1. The molecule has 2 aliphatic heterocycles. The molecule has 0 saturated carbocycles. The van der Waals surface area contributed by atoms with Crippen LogP contribution >= 0.6 is 0 Å². The Morgan fingerprint density at radius 2 is 2.00 bits per heavy atom. The molecule has 1 saturated heterocycles. The van der Waals surface area contributed by atoms with Gasteiger partial charge in [0.05, 0.1) is 23.1 Å². The van der Waals surface area contributed by atoms with Gasteiger partial charge in [-0.1, -0.05) is 6.07 Å². The number of halogens is 1. The van der Waals surface area contributed by atoms with Crippen LogP contribution in [0.5, 0.6) is 0 Å². The zero-order chi connectivity index (χ0) is 22.9. The molecular formula is C26H26FN5O. The van der Waals surface area contributed by atoms with E-state index < -0.39 is 0 Å². The van der Waals surface area contributed by atoms with Crippen molar-refractivity contribution >= 4 is 11.6 Å². The van der Waals surface area contributed by atoms with Crippen molar-refractivity contribution in [3.05, 3.63) is 76.6 Å². The second kappa shape index (κ2) is 7.27. The molecule has 5 heterocycles. The summed E-state index contributed by atoms with van der Waals surface area (Å²) in [4.78, 5) is 20.6. The van der Waals surface area contributed by atoms with Crippen molar-refractivity contribution in [1.82, 2.24) is 24.1 Å². The van der Waals surface area contributed by atoms with E-state index in [9.17, 15) is 9.18 Å². The number of carbonyl (C=O) groups excluding carboxylic acids is 1. The third kappa shape index (κ3) is 3.02. The molecule has 0 radical (unpaired) electrons. The maximum absolute atomic E-state index is 14.2. The van der Waals surface area contributed by atoms with Crippen molar-refractivity contribution in [3.63, 3.8) is 0 Å². The Bertz CT molecular complexity index is 1400. The summed E-state index contributed by atoms with van der Waals surface area (Å²) in [5.41, 5.74) is 6.94. The summed E-state index contributed by atoms with van der Waals surface area (Å²) in [6.07, 6.45) is 5.53. The van der Waals surface area contributed by atoms with Gasteiger partial charge in [-0.05, 0) is 75.4 Å². The fourth-order valence-corrected chi connectivity index (χ4v) is 5.88. The molecule has 2 aliphatic rings. The van der Waals surface area contributed by atoms with Gasteiger partial charge in [-0.15, -0.1) is 0 Å². The Morgan fingerprint density at radius 3 is 2.82 bits per heavy atom. The molecule has 4 aromatic rings. The molecule has 1 amide bonds. The van der Waals surface area contributed by atoms with Crippen LogP contribution in [0.2, 0.25) is 0 Å². The van der Waals surface area contributed by atoms with Gasteiger partial charge >= 0.3 is 0 Å². The van der Waals surface area contributed by atoms with Gasteiger partial charge in [-0.25, -0.2) is 9.37 Å². The fourth-order valence-electron chi connectivity index (χ4n) is 5.88. The summed E-state index contributed by atoms with van der Waals surface area (Å²) in [5, 5.41) is 4.88. The second-order valence-corrected chi connectivity index (χ2v) is 9.34. The Morgan fingerprint density at radius 1 is 1.15 bits per heavy atom. The smallest absolute Gasteiger partial charge is 0.273 e. The van der Waals surface area contributed by atoms with E-state index in [1.165, 1.54) is 0 Å². The zero-order valence-electron chi connectivity index (χ0n) is 19.0. The van der Waals surface area contributed by atoms with E-state index in [0.29, 0.717) is 5.69 Å². The molecule has 3 aromatic heterocycles. The number of fused-ring (bicyclic) bond motifs is 5. The molecule has 0 N–H and O–H groups in total. The van der Waals surface area contributed by atoms with Crippen LogP contribution < -0.4 is 0 Å². The summed E-state index contributed by atoms with van der Waals surface area (Å²) in [6.45, 7) is 3.80. The molecule has 33 heavy (non-hydrogen) atoms. The van der Waals surface area contributed by atoms with Gasteiger partial charge in [0.25, 0.3) is 5.91 Å². The predicted molar refractivity (Wildman–Crippen MR) is 124 cm³/mol. The SMILES string of the molecule is Cc1cc(F)cc(-c2c3c(nn2C)[C@@H]2CCC[C@H](C3)N2C(=O)c2c(C)nc3ccccn23)c1. The van der Waals surface area contributed by atoms with Crippen LogP contribution in [0.25, 0.3) is 16.9 Å². The molecular weight excluding hydrogens is 417 g/mol. The minimum absolute atomic E-state index is 0.0142. The topological polar surface area (TPSA) is 55.4 Å². The third-order valence-corrected chi connectivity index (χ3v) is 7.13. The van der Waals surface area contributed by atoms with Crippen LogP contribution in [-0.2, 0) is 13.5 Å². The van der Waals surface area contributed by atoms with Crippen LogP contribution in [0, 0.1) is 19.7 Å². The lowest BCUT2D eigenvalue weighted by atomic mass is 9.81. The number of rotatable bonds is 2. The molecule has 7 heteroatoms. The van der Waals surface area contributed by atoms with Crippen molar-refractivity contribution in [2.45, 2.75) is 51.6 Å². The first-order valence-corrected chi connectivity index (χ1v) is 11.5. The number of amides is 1. The van der Waals surface area contributed by atoms with Gasteiger partial charge in [0.2, 0.25) is 0 Å². The quantitative estimate of drug-likeness (QED) is 0.448. The number of aryl methyl sites for hydroxylation is 3. The Hall–Kier alpha value is -3.48. The largest absolute Gasteiger partial charge is 0.325 e. The maximum atomic E-state index is 14.2. The summed E-state index contributed by atoms with van der Waals surface area (Å²) in [7, 11) is 1.92. The molecule has 2 bridgehead atoms. The van der Waals surface area contributed by atoms with E-state index in [1.54, 1.807) is 12.1 Å². The number of aromatic nitrogens is 4. The average molecular weight is 444 g/mol. The minimum atomic E-state index is -0.240. The highest BCUT2D eigenvalue weighted by atomic mass is 19.1. The molecule has 2 atom stereocenters. The van der Waals surface area contributed by atoms with Gasteiger partial charge < -0.3 is 4.90 Å². The first-order chi connectivity index (χ1) is 15.9.